The average Bonchev–Trinajstić information content (AvgIpc) is 2.88. The summed E-state index contributed by atoms with van der Waals surface area (Å²) in [5.41, 5.74) is 0.351. The minimum absolute atomic E-state index is 0.0432. The van der Waals surface area contributed by atoms with Gasteiger partial charge >= 0.3 is 6.18 Å². The van der Waals surface area contributed by atoms with Gasteiger partial charge in [0.15, 0.2) is 0 Å². The molecular weight excluding hydrogens is 319 g/mol. The van der Waals surface area contributed by atoms with Gasteiger partial charge in [0, 0.05) is 24.9 Å². The number of benzene rings is 2. The monoisotopic (exact) mass is 335 g/mol. The Hall–Kier alpha value is -2.34. The fourth-order valence-corrected chi connectivity index (χ4v) is 2.96. The number of carbonyl (C=O) groups is 1. The van der Waals surface area contributed by atoms with E-state index in [1.807, 2.05) is 24.3 Å². The van der Waals surface area contributed by atoms with Crippen LogP contribution in [0.5, 0.6) is 0 Å². The molecule has 0 saturated carbocycles. The molecule has 3 rings (SSSR count). The van der Waals surface area contributed by atoms with Gasteiger partial charge in [0.25, 0.3) is 5.91 Å². The zero-order chi connectivity index (χ0) is 17.4. The lowest BCUT2D eigenvalue weighted by molar-refractivity contribution is -0.137. The van der Waals surface area contributed by atoms with Crippen LogP contribution >= 0.6 is 0 Å². The fourth-order valence-electron chi connectivity index (χ4n) is 2.96. The third-order valence-corrected chi connectivity index (χ3v) is 4.21. The quantitative estimate of drug-likeness (QED) is 0.906. The topological polar surface area (TPSA) is 49.3 Å². The highest BCUT2D eigenvalue weighted by Gasteiger charge is 2.35. The van der Waals surface area contributed by atoms with Gasteiger partial charge in [-0.2, -0.15) is 13.2 Å². The average molecular weight is 335 g/mol. The van der Waals surface area contributed by atoms with Gasteiger partial charge < -0.3 is 10.4 Å². The second-order valence-corrected chi connectivity index (χ2v) is 6.10. The van der Waals surface area contributed by atoms with Crippen LogP contribution in [0.1, 0.15) is 27.0 Å². The van der Waals surface area contributed by atoms with Crippen LogP contribution in [0.25, 0.3) is 0 Å². The number of alkyl halides is 3. The summed E-state index contributed by atoms with van der Waals surface area (Å²) in [5, 5.41) is 13.2. The van der Waals surface area contributed by atoms with Crippen LogP contribution in [0.2, 0.25) is 0 Å². The number of aliphatic hydroxyl groups is 1. The van der Waals surface area contributed by atoms with Crippen molar-refractivity contribution in [1.29, 1.82) is 0 Å². The Morgan fingerprint density at radius 3 is 2.08 bits per heavy atom. The molecule has 6 heteroatoms. The molecule has 126 valence electrons. The van der Waals surface area contributed by atoms with Crippen molar-refractivity contribution in [2.45, 2.75) is 24.6 Å². The van der Waals surface area contributed by atoms with Gasteiger partial charge in [0.1, 0.15) is 0 Å². The number of hydrogen-bond donors (Lipinski definition) is 2. The van der Waals surface area contributed by atoms with Crippen molar-refractivity contribution < 1.29 is 23.1 Å². The molecule has 2 aromatic rings. The van der Waals surface area contributed by atoms with E-state index >= 15 is 0 Å². The number of rotatable bonds is 3. The first-order chi connectivity index (χ1) is 11.3. The van der Waals surface area contributed by atoms with Crippen LogP contribution in [0.4, 0.5) is 13.2 Å². The minimum Gasteiger partial charge on any atom is -0.387 e. The zero-order valence-electron chi connectivity index (χ0n) is 12.7. The van der Waals surface area contributed by atoms with E-state index in [4.69, 9.17) is 0 Å². The number of hydrogen-bond acceptors (Lipinski definition) is 2. The van der Waals surface area contributed by atoms with Crippen molar-refractivity contribution in [3.63, 3.8) is 0 Å². The van der Waals surface area contributed by atoms with Crippen LogP contribution in [0.15, 0.2) is 48.5 Å². The third-order valence-electron chi connectivity index (χ3n) is 4.21. The summed E-state index contributed by atoms with van der Waals surface area (Å²) < 4.78 is 37.6. The van der Waals surface area contributed by atoms with Crippen molar-refractivity contribution in [2.24, 2.45) is 0 Å². The van der Waals surface area contributed by atoms with Crippen LogP contribution in [-0.4, -0.2) is 23.2 Å². The third kappa shape index (κ3) is 3.43. The van der Waals surface area contributed by atoms with Gasteiger partial charge in [-0.3, -0.25) is 4.79 Å². The lowest BCUT2D eigenvalue weighted by atomic mass is 10.0. The van der Waals surface area contributed by atoms with Gasteiger partial charge in [0.05, 0.1) is 11.2 Å². The number of amides is 1. The maximum atomic E-state index is 12.5. The van der Waals surface area contributed by atoms with Crippen molar-refractivity contribution in [3.05, 3.63) is 70.8 Å². The van der Waals surface area contributed by atoms with E-state index in [-0.39, 0.29) is 12.1 Å². The fraction of sp³-hybridized carbons (Fsp3) is 0.278. The summed E-state index contributed by atoms with van der Waals surface area (Å²) in [7, 11) is 0. The number of carbonyl (C=O) groups excluding carboxylic acids is 1. The zero-order valence-corrected chi connectivity index (χ0v) is 12.7. The molecule has 3 nitrogen and oxygen atoms in total. The molecule has 0 radical (unpaired) electrons. The summed E-state index contributed by atoms with van der Waals surface area (Å²) in [5.74, 6) is -0.506. The predicted molar refractivity (Wildman–Crippen MR) is 82.6 cm³/mol. The standard InChI is InChI=1S/C18H16F3NO2/c19-18(20,21)15-7-5-12(6-8-15)16(23)22-11-17(24)9-13-3-1-2-4-14(13)10-17/h1-8,24H,9-11H2,(H,22,23). The van der Waals surface area contributed by atoms with Gasteiger partial charge in [-0.25, -0.2) is 0 Å². The van der Waals surface area contributed by atoms with Crippen LogP contribution < -0.4 is 5.32 Å². The second kappa shape index (κ2) is 5.94. The van der Waals surface area contributed by atoms with Crippen molar-refractivity contribution in [3.8, 4) is 0 Å². The Balaban J connectivity index is 1.62. The highest BCUT2D eigenvalue weighted by Crippen LogP contribution is 2.30. The highest BCUT2D eigenvalue weighted by molar-refractivity contribution is 5.94. The molecule has 0 atom stereocenters. The van der Waals surface area contributed by atoms with Gasteiger partial charge in [0.2, 0.25) is 0 Å². The van der Waals surface area contributed by atoms with Gasteiger partial charge in [-0.15, -0.1) is 0 Å². The summed E-state index contributed by atoms with van der Waals surface area (Å²) in [6, 6.07) is 11.7. The molecule has 0 aromatic heterocycles. The van der Waals surface area contributed by atoms with Crippen molar-refractivity contribution in [2.75, 3.05) is 6.54 Å². The molecule has 0 aliphatic heterocycles. The molecule has 1 aliphatic carbocycles. The number of nitrogens with one attached hydrogen (secondary N) is 1. The first-order valence-electron chi connectivity index (χ1n) is 7.51. The largest absolute Gasteiger partial charge is 0.416 e. The molecule has 1 amide bonds. The lowest BCUT2D eigenvalue weighted by Gasteiger charge is -2.22. The van der Waals surface area contributed by atoms with Gasteiger partial charge in [-0.1, -0.05) is 24.3 Å². The minimum atomic E-state index is -4.43. The van der Waals surface area contributed by atoms with Crippen molar-refractivity contribution in [1.82, 2.24) is 5.32 Å². The summed E-state index contributed by atoms with van der Waals surface area (Å²) in [4.78, 5) is 12.1. The second-order valence-electron chi connectivity index (χ2n) is 6.10. The summed E-state index contributed by atoms with van der Waals surface area (Å²) in [6.07, 6.45) is -3.55. The molecule has 0 unspecified atom stereocenters. The van der Waals surface area contributed by atoms with E-state index in [1.54, 1.807) is 0 Å². The summed E-state index contributed by atoms with van der Waals surface area (Å²) in [6.45, 7) is 0.0432. The van der Waals surface area contributed by atoms with Gasteiger partial charge in [-0.05, 0) is 35.4 Å². The molecule has 1 aliphatic rings. The number of fused-ring (bicyclic) bond motifs is 1. The Bertz CT molecular complexity index is 729. The van der Waals surface area contributed by atoms with Crippen LogP contribution in [0.3, 0.4) is 0 Å². The molecular formula is C18H16F3NO2. The van der Waals surface area contributed by atoms with E-state index < -0.39 is 23.2 Å². The Morgan fingerprint density at radius 1 is 1.04 bits per heavy atom. The molecule has 0 spiro atoms. The van der Waals surface area contributed by atoms with E-state index in [2.05, 4.69) is 5.32 Å². The maximum absolute atomic E-state index is 12.5. The molecule has 2 N–H and O–H groups in total. The Morgan fingerprint density at radius 2 is 1.58 bits per heavy atom. The predicted octanol–water partition coefficient (Wildman–Crippen LogP) is 2.97. The highest BCUT2D eigenvalue weighted by atomic mass is 19.4. The lowest BCUT2D eigenvalue weighted by Crippen LogP contribution is -2.43. The Labute approximate surface area is 137 Å². The molecule has 2 aromatic carbocycles. The smallest absolute Gasteiger partial charge is 0.387 e. The first-order valence-corrected chi connectivity index (χ1v) is 7.51. The molecule has 0 fully saturated rings. The van der Waals surface area contributed by atoms with E-state index in [1.165, 1.54) is 0 Å². The van der Waals surface area contributed by atoms with E-state index in [0.29, 0.717) is 12.8 Å². The van der Waals surface area contributed by atoms with Crippen LogP contribution in [0, 0.1) is 0 Å². The maximum Gasteiger partial charge on any atom is 0.416 e. The molecule has 0 heterocycles. The first kappa shape index (κ1) is 16.5. The van der Waals surface area contributed by atoms with E-state index in [0.717, 1.165) is 35.4 Å². The number of halogens is 3. The summed E-state index contributed by atoms with van der Waals surface area (Å²) >= 11 is 0. The van der Waals surface area contributed by atoms with E-state index in [9.17, 15) is 23.1 Å². The van der Waals surface area contributed by atoms with Crippen LogP contribution in [-0.2, 0) is 19.0 Å². The molecule has 0 saturated heterocycles. The molecule has 0 bridgehead atoms. The Kier molecular flexibility index (Phi) is 4.09. The van der Waals surface area contributed by atoms with Crippen molar-refractivity contribution >= 4 is 5.91 Å². The molecule has 24 heavy (non-hydrogen) atoms. The normalized spacial score (nSPS) is 15.8. The SMILES string of the molecule is O=C(NCC1(O)Cc2ccccc2C1)c1ccc(C(F)(F)F)cc1.